The van der Waals surface area contributed by atoms with Gasteiger partial charge >= 0.3 is 0 Å². The van der Waals surface area contributed by atoms with E-state index in [-0.39, 0.29) is 0 Å². The number of nitrogens with zero attached hydrogens (tertiary/aromatic N) is 1. The molecule has 1 heterocycles. The van der Waals surface area contributed by atoms with Crippen molar-refractivity contribution in [3.63, 3.8) is 0 Å². The van der Waals surface area contributed by atoms with Crippen LogP contribution in [0, 0.1) is 0 Å². The van der Waals surface area contributed by atoms with Gasteiger partial charge in [-0.05, 0) is 39.4 Å². The van der Waals surface area contributed by atoms with Crippen molar-refractivity contribution in [3.05, 3.63) is 0 Å². The highest BCUT2D eigenvalue weighted by Crippen LogP contribution is 2.06. The second kappa shape index (κ2) is 12.9. The summed E-state index contributed by atoms with van der Waals surface area (Å²) in [5.74, 6) is 0. The van der Waals surface area contributed by atoms with E-state index in [0.717, 1.165) is 0 Å². The molecule has 1 saturated heterocycles. The molecule has 0 unspecified atom stereocenters. The van der Waals surface area contributed by atoms with Gasteiger partial charge in [0.2, 0.25) is 0 Å². The predicted molar refractivity (Wildman–Crippen MR) is 66.6 cm³/mol. The fourth-order valence-corrected chi connectivity index (χ4v) is 1.27. The van der Waals surface area contributed by atoms with Crippen LogP contribution in [-0.2, 0) is 0 Å². The summed E-state index contributed by atoms with van der Waals surface area (Å²) >= 11 is 0. The van der Waals surface area contributed by atoms with E-state index < -0.39 is 0 Å². The first-order valence-electron chi connectivity index (χ1n) is 6.14. The minimum atomic E-state index is 0.468. The summed E-state index contributed by atoms with van der Waals surface area (Å²) in [4.78, 5) is 2.35. The van der Waals surface area contributed by atoms with Gasteiger partial charge in [-0.15, -0.1) is 0 Å². The van der Waals surface area contributed by atoms with Gasteiger partial charge in [-0.25, -0.2) is 0 Å². The molecule has 1 aliphatic rings. The number of nitrogens with two attached hydrogens (primary N) is 1. The van der Waals surface area contributed by atoms with Crippen molar-refractivity contribution in [1.82, 2.24) is 4.90 Å². The maximum absolute atomic E-state index is 5.77. The average Bonchev–Trinajstić information content (AvgIpc) is 2.36. The van der Waals surface area contributed by atoms with E-state index in [1.54, 1.807) is 0 Å². The van der Waals surface area contributed by atoms with Crippen LogP contribution in [0.3, 0.4) is 0 Å². The lowest BCUT2D eigenvalue weighted by molar-refractivity contribution is 0.347. The van der Waals surface area contributed by atoms with Crippen LogP contribution >= 0.6 is 0 Å². The molecule has 1 rings (SSSR count). The highest BCUT2D eigenvalue weighted by molar-refractivity contribution is 4.68. The Bertz CT molecular complexity index is 84.3. The van der Waals surface area contributed by atoms with Gasteiger partial charge in [0.15, 0.2) is 0 Å². The van der Waals surface area contributed by atoms with Crippen LogP contribution in [0.4, 0.5) is 0 Å². The molecule has 0 bridgehead atoms. The maximum Gasteiger partial charge on any atom is 0.00514 e. The van der Waals surface area contributed by atoms with Crippen molar-refractivity contribution >= 4 is 0 Å². The molecule has 2 N–H and O–H groups in total. The minimum Gasteiger partial charge on any atom is -0.328 e. The van der Waals surface area contributed by atoms with Crippen LogP contribution in [-0.4, -0.2) is 31.1 Å². The topological polar surface area (TPSA) is 29.3 Å². The molecule has 2 nitrogen and oxygen atoms in total. The third-order valence-electron chi connectivity index (χ3n) is 2.00. The molecule has 1 aliphatic heterocycles. The molecule has 0 aromatic carbocycles. The average molecular weight is 202 g/mol. The molecular formula is C12H30N2. The van der Waals surface area contributed by atoms with E-state index in [2.05, 4.69) is 25.8 Å². The second-order valence-electron chi connectivity index (χ2n) is 3.70. The SMILES string of the molecule is CC.CCC.CN1CCC[C@H](N)CC1. The lowest BCUT2D eigenvalue weighted by Gasteiger charge is -2.11. The Morgan fingerprint density at radius 2 is 1.64 bits per heavy atom. The third-order valence-corrected chi connectivity index (χ3v) is 2.00. The van der Waals surface area contributed by atoms with Gasteiger partial charge in [0.1, 0.15) is 0 Å². The summed E-state index contributed by atoms with van der Waals surface area (Å²) < 4.78 is 0. The minimum absolute atomic E-state index is 0.468. The van der Waals surface area contributed by atoms with Crippen molar-refractivity contribution in [1.29, 1.82) is 0 Å². The smallest absolute Gasteiger partial charge is 0.00514 e. The van der Waals surface area contributed by atoms with Crippen LogP contribution in [0.25, 0.3) is 0 Å². The van der Waals surface area contributed by atoms with Gasteiger partial charge in [-0.2, -0.15) is 0 Å². The third kappa shape index (κ3) is 11.9. The Kier molecular flexibility index (Phi) is 15.1. The first kappa shape index (κ1) is 16.4. The molecule has 14 heavy (non-hydrogen) atoms. The summed E-state index contributed by atoms with van der Waals surface area (Å²) in [5.41, 5.74) is 5.77. The Hall–Kier alpha value is -0.0800. The van der Waals surface area contributed by atoms with E-state index in [1.807, 2.05) is 13.8 Å². The summed E-state index contributed by atoms with van der Waals surface area (Å²) in [6, 6.07) is 0.468. The molecule has 88 valence electrons. The van der Waals surface area contributed by atoms with Crippen LogP contribution < -0.4 is 5.73 Å². The van der Waals surface area contributed by atoms with Crippen LogP contribution in [0.1, 0.15) is 53.4 Å². The van der Waals surface area contributed by atoms with Crippen molar-refractivity contribution < 1.29 is 0 Å². The molecule has 0 spiro atoms. The van der Waals surface area contributed by atoms with E-state index in [4.69, 9.17) is 5.73 Å². The number of hydrogen-bond donors (Lipinski definition) is 1. The lowest BCUT2D eigenvalue weighted by Crippen LogP contribution is -2.23. The maximum atomic E-state index is 5.77. The van der Waals surface area contributed by atoms with Gasteiger partial charge in [-0.3, -0.25) is 0 Å². The summed E-state index contributed by atoms with van der Waals surface area (Å²) in [7, 11) is 2.16. The first-order chi connectivity index (χ1) is 6.70. The summed E-state index contributed by atoms with van der Waals surface area (Å²) in [6.07, 6.45) is 4.92. The van der Waals surface area contributed by atoms with E-state index >= 15 is 0 Å². The number of rotatable bonds is 0. The fourth-order valence-electron chi connectivity index (χ4n) is 1.27. The fraction of sp³-hybridized carbons (Fsp3) is 1.00. The molecule has 0 saturated carbocycles. The molecule has 0 aromatic rings. The largest absolute Gasteiger partial charge is 0.328 e. The Balaban J connectivity index is 0. The quantitative estimate of drug-likeness (QED) is 0.654. The highest BCUT2D eigenvalue weighted by atomic mass is 15.1. The molecule has 2 heteroatoms. The normalized spacial score (nSPS) is 22.3. The zero-order valence-corrected chi connectivity index (χ0v) is 10.8. The Morgan fingerprint density at radius 3 is 2.14 bits per heavy atom. The molecule has 1 fully saturated rings. The second-order valence-corrected chi connectivity index (χ2v) is 3.70. The molecule has 0 amide bonds. The zero-order chi connectivity index (χ0) is 11.4. The zero-order valence-electron chi connectivity index (χ0n) is 10.8. The van der Waals surface area contributed by atoms with Crippen LogP contribution in [0.5, 0.6) is 0 Å². The van der Waals surface area contributed by atoms with Gasteiger partial charge < -0.3 is 10.6 Å². The molecule has 1 atom stereocenters. The lowest BCUT2D eigenvalue weighted by atomic mass is 10.1. The van der Waals surface area contributed by atoms with E-state index in [1.165, 1.54) is 38.8 Å². The molecule has 0 aromatic heterocycles. The first-order valence-corrected chi connectivity index (χ1v) is 6.14. The standard InChI is InChI=1S/C7H16N2.C3H8.C2H6/c1-9-5-2-3-7(8)4-6-9;1-3-2;1-2/h7H,2-6,8H2,1H3;3H2,1-2H3;1-2H3/t7-;;/m0../s1. The predicted octanol–water partition coefficient (Wildman–Crippen LogP) is 2.87. The van der Waals surface area contributed by atoms with Gasteiger partial charge in [0.25, 0.3) is 0 Å². The summed E-state index contributed by atoms with van der Waals surface area (Å²) in [6.45, 7) is 10.7. The van der Waals surface area contributed by atoms with Crippen molar-refractivity contribution in [2.24, 2.45) is 5.73 Å². The number of hydrogen-bond acceptors (Lipinski definition) is 2. The van der Waals surface area contributed by atoms with Crippen LogP contribution in [0.2, 0.25) is 0 Å². The van der Waals surface area contributed by atoms with Gasteiger partial charge in [-0.1, -0.05) is 34.1 Å². The van der Waals surface area contributed by atoms with Gasteiger partial charge in [0, 0.05) is 6.04 Å². The summed E-state index contributed by atoms with van der Waals surface area (Å²) in [5, 5.41) is 0. The highest BCUT2D eigenvalue weighted by Gasteiger charge is 2.09. The Labute approximate surface area is 90.9 Å². The van der Waals surface area contributed by atoms with E-state index in [0.29, 0.717) is 6.04 Å². The monoisotopic (exact) mass is 202 g/mol. The van der Waals surface area contributed by atoms with Crippen molar-refractivity contribution in [3.8, 4) is 0 Å². The van der Waals surface area contributed by atoms with Crippen LogP contribution in [0.15, 0.2) is 0 Å². The van der Waals surface area contributed by atoms with Crippen molar-refractivity contribution in [2.75, 3.05) is 20.1 Å². The molecule has 0 radical (unpaired) electrons. The molecular weight excluding hydrogens is 172 g/mol. The number of likely N-dealkylation sites (tertiary alicyclic amines) is 1. The van der Waals surface area contributed by atoms with Crippen molar-refractivity contribution in [2.45, 2.75) is 59.4 Å². The van der Waals surface area contributed by atoms with E-state index in [9.17, 15) is 0 Å². The van der Waals surface area contributed by atoms with Gasteiger partial charge in [0.05, 0.1) is 0 Å². The Morgan fingerprint density at radius 1 is 1.14 bits per heavy atom. The molecule has 0 aliphatic carbocycles.